The molecule has 0 bridgehead atoms. The van der Waals surface area contributed by atoms with Crippen molar-refractivity contribution in [3.8, 4) is 0 Å². The van der Waals surface area contributed by atoms with Crippen LogP contribution < -0.4 is 10.6 Å². The number of benzene rings is 1. The number of amides is 2. The van der Waals surface area contributed by atoms with Crippen molar-refractivity contribution in [3.05, 3.63) is 33.3 Å². The van der Waals surface area contributed by atoms with Gasteiger partial charge in [-0.15, -0.1) is 0 Å². The van der Waals surface area contributed by atoms with E-state index in [0.29, 0.717) is 10.6 Å². The van der Waals surface area contributed by atoms with E-state index in [1.54, 1.807) is 12.1 Å². The smallest absolute Gasteiger partial charge is 0.251 e. The number of carbonyl (C=O) groups is 2. The van der Waals surface area contributed by atoms with Crippen molar-refractivity contribution in [1.29, 1.82) is 0 Å². The predicted molar refractivity (Wildman–Crippen MR) is 65.6 cm³/mol. The summed E-state index contributed by atoms with van der Waals surface area (Å²) in [4.78, 5) is 22.5. The Bertz CT molecular complexity index is 423. The molecule has 4 nitrogen and oxygen atoms in total. The zero-order chi connectivity index (χ0) is 12.1. The van der Waals surface area contributed by atoms with Crippen molar-refractivity contribution in [2.75, 3.05) is 13.6 Å². The van der Waals surface area contributed by atoms with E-state index in [1.165, 1.54) is 13.1 Å². The largest absolute Gasteiger partial charge is 0.358 e. The van der Waals surface area contributed by atoms with E-state index in [-0.39, 0.29) is 18.4 Å². The highest BCUT2D eigenvalue weighted by Crippen LogP contribution is 2.22. The summed E-state index contributed by atoms with van der Waals surface area (Å²) in [5, 5.41) is 5.33. The van der Waals surface area contributed by atoms with Crippen molar-refractivity contribution in [2.24, 2.45) is 0 Å². The molecule has 0 aliphatic carbocycles. The first-order chi connectivity index (χ1) is 7.54. The van der Waals surface area contributed by atoms with Crippen LogP contribution >= 0.6 is 27.5 Å². The van der Waals surface area contributed by atoms with Gasteiger partial charge in [0.2, 0.25) is 5.91 Å². The zero-order valence-corrected chi connectivity index (χ0v) is 10.9. The van der Waals surface area contributed by atoms with Gasteiger partial charge in [-0.2, -0.15) is 0 Å². The van der Waals surface area contributed by atoms with Gasteiger partial charge in [-0.05, 0) is 34.1 Å². The monoisotopic (exact) mass is 304 g/mol. The van der Waals surface area contributed by atoms with Gasteiger partial charge in [0.15, 0.2) is 0 Å². The summed E-state index contributed by atoms with van der Waals surface area (Å²) in [5.74, 6) is -0.588. The molecule has 2 N–H and O–H groups in total. The molecule has 2 amide bonds. The molecule has 0 aromatic heterocycles. The molecule has 86 valence electrons. The molecule has 0 atom stereocenters. The van der Waals surface area contributed by atoms with Crippen LogP contribution in [0.25, 0.3) is 0 Å². The minimum absolute atomic E-state index is 0.0526. The van der Waals surface area contributed by atoms with Crippen LogP contribution in [0.2, 0.25) is 5.02 Å². The van der Waals surface area contributed by atoms with Gasteiger partial charge in [0.25, 0.3) is 5.91 Å². The highest BCUT2D eigenvalue weighted by molar-refractivity contribution is 9.10. The van der Waals surface area contributed by atoms with Gasteiger partial charge < -0.3 is 10.6 Å². The van der Waals surface area contributed by atoms with E-state index < -0.39 is 0 Å². The molecule has 0 spiro atoms. The SMILES string of the molecule is CNC(=O)CNC(=O)c1ccc(Br)c(Cl)c1. The molecule has 0 unspecified atom stereocenters. The number of likely N-dealkylation sites (N-methyl/N-ethyl adjacent to an activating group) is 1. The lowest BCUT2D eigenvalue weighted by atomic mass is 10.2. The molecule has 0 radical (unpaired) electrons. The maximum absolute atomic E-state index is 11.6. The number of hydrogen-bond donors (Lipinski definition) is 2. The molecule has 0 aliphatic rings. The Hall–Kier alpha value is -1.07. The van der Waals surface area contributed by atoms with Gasteiger partial charge in [0.1, 0.15) is 0 Å². The summed E-state index contributed by atoms with van der Waals surface area (Å²) in [5.41, 5.74) is 0.414. The summed E-state index contributed by atoms with van der Waals surface area (Å²) in [7, 11) is 1.50. The standard InChI is InChI=1S/C10H10BrClN2O2/c1-13-9(15)5-14-10(16)6-2-3-7(11)8(12)4-6/h2-4H,5H2,1H3,(H,13,15)(H,14,16). The quantitative estimate of drug-likeness (QED) is 0.891. The Morgan fingerprint density at radius 2 is 2.12 bits per heavy atom. The third-order valence-electron chi connectivity index (χ3n) is 1.87. The van der Waals surface area contributed by atoms with E-state index in [4.69, 9.17) is 11.6 Å². The van der Waals surface area contributed by atoms with E-state index in [1.807, 2.05) is 0 Å². The lowest BCUT2D eigenvalue weighted by molar-refractivity contribution is -0.119. The molecule has 6 heteroatoms. The van der Waals surface area contributed by atoms with Crippen molar-refractivity contribution in [2.45, 2.75) is 0 Å². The Morgan fingerprint density at radius 1 is 1.44 bits per heavy atom. The minimum atomic E-state index is -0.335. The van der Waals surface area contributed by atoms with Gasteiger partial charge in [-0.3, -0.25) is 9.59 Å². The van der Waals surface area contributed by atoms with E-state index in [2.05, 4.69) is 26.6 Å². The molecular weight excluding hydrogens is 295 g/mol. The summed E-state index contributed by atoms with van der Waals surface area (Å²) < 4.78 is 0.719. The topological polar surface area (TPSA) is 58.2 Å². The van der Waals surface area contributed by atoms with Gasteiger partial charge >= 0.3 is 0 Å². The second kappa shape index (κ2) is 5.86. The Morgan fingerprint density at radius 3 is 2.69 bits per heavy atom. The molecule has 0 aliphatic heterocycles. The van der Waals surface area contributed by atoms with Gasteiger partial charge in [0.05, 0.1) is 11.6 Å². The first-order valence-corrected chi connectivity index (χ1v) is 5.65. The number of carbonyl (C=O) groups excluding carboxylic acids is 2. The molecule has 0 fully saturated rings. The van der Waals surface area contributed by atoms with Crippen LogP contribution in [0.4, 0.5) is 0 Å². The zero-order valence-electron chi connectivity index (χ0n) is 8.51. The highest BCUT2D eigenvalue weighted by Gasteiger charge is 2.08. The van der Waals surface area contributed by atoms with Crippen molar-refractivity contribution < 1.29 is 9.59 Å². The van der Waals surface area contributed by atoms with E-state index >= 15 is 0 Å². The fourth-order valence-corrected chi connectivity index (χ4v) is 1.42. The highest BCUT2D eigenvalue weighted by atomic mass is 79.9. The molecule has 0 saturated carbocycles. The van der Waals surface area contributed by atoms with Crippen LogP contribution in [-0.2, 0) is 4.79 Å². The summed E-state index contributed by atoms with van der Waals surface area (Å²) in [6.07, 6.45) is 0. The maximum atomic E-state index is 11.6. The van der Waals surface area contributed by atoms with Crippen molar-refractivity contribution in [3.63, 3.8) is 0 Å². The summed E-state index contributed by atoms with van der Waals surface area (Å²) >= 11 is 9.07. The molecule has 1 rings (SSSR count). The summed E-state index contributed by atoms with van der Waals surface area (Å²) in [6.45, 7) is -0.0526. The van der Waals surface area contributed by atoms with Crippen molar-refractivity contribution >= 4 is 39.3 Å². The molecule has 1 aromatic rings. The summed E-state index contributed by atoms with van der Waals surface area (Å²) in [6, 6.07) is 4.83. The lowest BCUT2D eigenvalue weighted by Crippen LogP contribution is -2.35. The third kappa shape index (κ3) is 3.50. The number of halogens is 2. The molecule has 1 aromatic carbocycles. The van der Waals surface area contributed by atoms with Gasteiger partial charge in [0, 0.05) is 17.1 Å². The van der Waals surface area contributed by atoms with E-state index in [0.717, 1.165) is 4.47 Å². The van der Waals surface area contributed by atoms with Crippen LogP contribution in [0, 0.1) is 0 Å². The second-order valence-corrected chi connectivity index (χ2v) is 4.25. The molecular formula is C10H10BrClN2O2. The fourth-order valence-electron chi connectivity index (χ4n) is 0.988. The Kier molecular flexibility index (Phi) is 4.76. The number of rotatable bonds is 3. The number of nitrogens with one attached hydrogen (secondary N) is 2. The number of hydrogen-bond acceptors (Lipinski definition) is 2. The lowest BCUT2D eigenvalue weighted by Gasteiger charge is -2.05. The predicted octanol–water partition coefficient (Wildman–Crippen LogP) is 1.58. The van der Waals surface area contributed by atoms with Gasteiger partial charge in [-0.25, -0.2) is 0 Å². The third-order valence-corrected chi connectivity index (χ3v) is 3.10. The van der Waals surface area contributed by atoms with Gasteiger partial charge in [-0.1, -0.05) is 11.6 Å². The fraction of sp³-hybridized carbons (Fsp3) is 0.200. The first-order valence-electron chi connectivity index (χ1n) is 4.48. The Labute approximate surface area is 106 Å². The van der Waals surface area contributed by atoms with Crippen LogP contribution in [0.1, 0.15) is 10.4 Å². The molecule has 0 heterocycles. The van der Waals surface area contributed by atoms with Crippen LogP contribution in [0.3, 0.4) is 0 Å². The first kappa shape index (κ1) is 13.0. The maximum Gasteiger partial charge on any atom is 0.251 e. The van der Waals surface area contributed by atoms with Crippen LogP contribution in [0.5, 0.6) is 0 Å². The van der Waals surface area contributed by atoms with Crippen LogP contribution in [0.15, 0.2) is 22.7 Å². The average Bonchev–Trinajstić information content (AvgIpc) is 2.29. The second-order valence-electron chi connectivity index (χ2n) is 2.98. The van der Waals surface area contributed by atoms with Crippen LogP contribution in [-0.4, -0.2) is 25.4 Å². The average molecular weight is 306 g/mol. The molecule has 16 heavy (non-hydrogen) atoms. The van der Waals surface area contributed by atoms with E-state index in [9.17, 15) is 9.59 Å². The Balaban J connectivity index is 2.66. The molecule has 0 saturated heterocycles. The normalized spacial score (nSPS) is 9.69. The van der Waals surface area contributed by atoms with Crippen molar-refractivity contribution in [1.82, 2.24) is 10.6 Å². The minimum Gasteiger partial charge on any atom is -0.358 e.